The summed E-state index contributed by atoms with van der Waals surface area (Å²) in [7, 11) is 0. The Hall–Kier alpha value is -3.53. The minimum Gasteiger partial charge on any atom is -0.342 e. The Bertz CT molecular complexity index is 937. The van der Waals surface area contributed by atoms with Gasteiger partial charge in [-0.1, -0.05) is 30.0 Å². The second kappa shape index (κ2) is 9.42. The Balaban J connectivity index is 1.86. The summed E-state index contributed by atoms with van der Waals surface area (Å²) in [5, 5.41) is 5.16. The van der Waals surface area contributed by atoms with E-state index in [4.69, 9.17) is 0 Å². The van der Waals surface area contributed by atoms with Gasteiger partial charge >= 0.3 is 6.18 Å². The van der Waals surface area contributed by atoms with Crippen molar-refractivity contribution in [2.75, 3.05) is 11.9 Å². The van der Waals surface area contributed by atoms with Crippen molar-refractivity contribution in [3.8, 4) is 11.8 Å². The second-order valence-corrected chi connectivity index (χ2v) is 5.73. The van der Waals surface area contributed by atoms with Crippen LogP contribution in [0, 0.1) is 11.8 Å². The second-order valence-electron chi connectivity index (χ2n) is 5.73. The van der Waals surface area contributed by atoms with Crippen LogP contribution in [-0.2, 0) is 15.8 Å². The van der Waals surface area contributed by atoms with Crippen molar-refractivity contribution in [3.05, 3.63) is 71.3 Å². The molecule has 4 nitrogen and oxygen atoms in total. The highest BCUT2D eigenvalue weighted by atomic mass is 19.4. The van der Waals surface area contributed by atoms with E-state index in [9.17, 15) is 22.8 Å². The van der Waals surface area contributed by atoms with Crippen molar-refractivity contribution in [2.45, 2.75) is 13.1 Å². The number of carbonyl (C=O) groups is 2. The smallest absolute Gasteiger partial charge is 0.342 e. The summed E-state index contributed by atoms with van der Waals surface area (Å²) in [6.07, 6.45) is -1.51. The average molecular weight is 386 g/mol. The first-order valence-corrected chi connectivity index (χ1v) is 8.24. The summed E-state index contributed by atoms with van der Waals surface area (Å²) in [4.78, 5) is 22.7. The molecule has 0 aliphatic heterocycles. The van der Waals surface area contributed by atoms with Crippen LogP contribution in [0.15, 0.2) is 54.6 Å². The number of alkyl halides is 3. The zero-order valence-corrected chi connectivity index (χ0v) is 14.9. The normalized spacial score (nSPS) is 10.9. The number of rotatable bonds is 4. The molecular formula is C21H17F3N2O2. The van der Waals surface area contributed by atoms with Crippen molar-refractivity contribution in [1.29, 1.82) is 0 Å². The van der Waals surface area contributed by atoms with Gasteiger partial charge in [0.05, 0.1) is 12.1 Å². The fourth-order valence-electron chi connectivity index (χ4n) is 2.16. The summed E-state index contributed by atoms with van der Waals surface area (Å²) in [6, 6.07) is 11.6. The predicted octanol–water partition coefficient (Wildman–Crippen LogP) is 3.84. The molecule has 0 aliphatic carbocycles. The molecular weight excluding hydrogens is 369 g/mol. The van der Waals surface area contributed by atoms with E-state index in [0.717, 1.165) is 17.7 Å². The molecule has 0 heterocycles. The number of nitrogens with one attached hydrogen (secondary N) is 2. The molecule has 0 aliphatic rings. The first kappa shape index (κ1) is 20.8. The highest BCUT2D eigenvalue weighted by molar-refractivity contribution is 5.92. The quantitative estimate of drug-likeness (QED) is 0.620. The Labute approximate surface area is 160 Å². The van der Waals surface area contributed by atoms with Gasteiger partial charge < -0.3 is 10.6 Å². The monoisotopic (exact) mass is 386 g/mol. The van der Waals surface area contributed by atoms with Crippen LogP contribution < -0.4 is 10.6 Å². The van der Waals surface area contributed by atoms with Gasteiger partial charge in [-0.05, 0) is 42.0 Å². The molecule has 0 radical (unpaired) electrons. The summed E-state index contributed by atoms with van der Waals surface area (Å²) in [5.74, 6) is 4.64. The predicted molar refractivity (Wildman–Crippen MR) is 101 cm³/mol. The third-order valence-corrected chi connectivity index (χ3v) is 3.43. The van der Waals surface area contributed by atoms with Gasteiger partial charge in [-0.3, -0.25) is 9.59 Å². The van der Waals surface area contributed by atoms with Crippen LogP contribution in [0.5, 0.6) is 0 Å². The summed E-state index contributed by atoms with van der Waals surface area (Å²) in [6.45, 7) is 1.41. The Morgan fingerprint density at radius 2 is 1.82 bits per heavy atom. The maximum absolute atomic E-state index is 12.6. The third-order valence-electron chi connectivity index (χ3n) is 3.43. The van der Waals surface area contributed by atoms with Crippen LogP contribution in [0.2, 0.25) is 0 Å². The Morgan fingerprint density at radius 1 is 1.11 bits per heavy atom. The van der Waals surface area contributed by atoms with Crippen molar-refractivity contribution < 1.29 is 22.8 Å². The van der Waals surface area contributed by atoms with Gasteiger partial charge in [0.1, 0.15) is 0 Å². The van der Waals surface area contributed by atoms with Gasteiger partial charge in [0.15, 0.2) is 0 Å². The van der Waals surface area contributed by atoms with Gasteiger partial charge in [-0.25, -0.2) is 0 Å². The zero-order valence-electron chi connectivity index (χ0n) is 14.9. The minimum absolute atomic E-state index is 0.000881. The molecule has 0 bridgehead atoms. The van der Waals surface area contributed by atoms with Crippen molar-refractivity contribution in [1.82, 2.24) is 5.32 Å². The molecule has 2 aromatic carbocycles. The molecule has 2 rings (SSSR count). The van der Waals surface area contributed by atoms with E-state index in [2.05, 4.69) is 22.5 Å². The molecule has 0 saturated heterocycles. The van der Waals surface area contributed by atoms with E-state index in [1.165, 1.54) is 25.1 Å². The van der Waals surface area contributed by atoms with Crippen LogP contribution in [-0.4, -0.2) is 18.4 Å². The van der Waals surface area contributed by atoms with E-state index in [0.29, 0.717) is 5.69 Å². The number of amides is 2. The van der Waals surface area contributed by atoms with E-state index in [-0.39, 0.29) is 23.9 Å². The van der Waals surface area contributed by atoms with Gasteiger partial charge in [0, 0.05) is 24.3 Å². The van der Waals surface area contributed by atoms with E-state index in [1.54, 1.807) is 30.3 Å². The molecule has 144 valence electrons. The van der Waals surface area contributed by atoms with E-state index in [1.807, 2.05) is 0 Å². The lowest BCUT2D eigenvalue weighted by atomic mass is 10.1. The van der Waals surface area contributed by atoms with Crippen LogP contribution in [0.3, 0.4) is 0 Å². The highest BCUT2D eigenvalue weighted by Crippen LogP contribution is 2.29. The lowest BCUT2D eigenvalue weighted by molar-refractivity contribution is -0.137. The van der Waals surface area contributed by atoms with Crippen molar-refractivity contribution in [3.63, 3.8) is 0 Å². The molecule has 2 N–H and O–H groups in total. The molecule has 0 aromatic heterocycles. The number of hydrogen-bond acceptors (Lipinski definition) is 2. The fourth-order valence-corrected chi connectivity index (χ4v) is 2.16. The minimum atomic E-state index is -4.42. The van der Waals surface area contributed by atoms with Crippen LogP contribution in [0.4, 0.5) is 18.9 Å². The largest absolute Gasteiger partial charge is 0.416 e. The molecule has 0 spiro atoms. The van der Waals surface area contributed by atoms with Gasteiger partial charge in [-0.15, -0.1) is 0 Å². The zero-order chi connectivity index (χ0) is 20.6. The topological polar surface area (TPSA) is 58.2 Å². The van der Waals surface area contributed by atoms with E-state index >= 15 is 0 Å². The van der Waals surface area contributed by atoms with Crippen molar-refractivity contribution >= 4 is 23.6 Å². The summed E-state index contributed by atoms with van der Waals surface area (Å²) >= 11 is 0. The van der Waals surface area contributed by atoms with Gasteiger partial charge in [0.25, 0.3) is 0 Å². The van der Waals surface area contributed by atoms with Gasteiger partial charge in [0.2, 0.25) is 11.8 Å². The molecule has 28 heavy (non-hydrogen) atoms. The summed E-state index contributed by atoms with van der Waals surface area (Å²) < 4.78 is 37.9. The summed E-state index contributed by atoms with van der Waals surface area (Å²) in [5.41, 5.74) is 0.868. The standard InChI is InChI=1S/C21H17F3N2O2/c1-15(27)26-19-10-7-16(8-11-19)9-12-20(28)25-13-3-5-17-4-2-6-18(14-17)21(22,23)24/h2,4,6-12,14H,13H2,1H3,(H,25,28)(H,26,27)/b12-9+. The van der Waals surface area contributed by atoms with Crippen LogP contribution in [0.1, 0.15) is 23.6 Å². The third kappa shape index (κ3) is 7.00. The maximum Gasteiger partial charge on any atom is 0.416 e. The van der Waals surface area contributed by atoms with Gasteiger partial charge in [-0.2, -0.15) is 13.2 Å². The Morgan fingerprint density at radius 3 is 2.46 bits per heavy atom. The number of benzene rings is 2. The van der Waals surface area contributed by atoms with Crippen LogP contribution in [0.25, 0.3) is 6.08 Å². The first-order valence-electron chi connectivity index (χ1n) is 8.24. The molecule has 0 fully saturated rings. The lowest BCUT2D eigenvalue weighted by Crippen LogP contribution is -2.20. The van der Waals surface area contributed by atoms with Crippen molar-refractivity contribution in [2.24, 2.45) is 0 Å². The number of halogens is 3. The number of anilines is 1. The van der Waals surface area contributed by atoms with E-state index < -0.39 is 11.7 Å². The van der Waals surface area contributed by atoms with Crippen LogP contribution >= 0.6 is 0 Å². The number of hydrogen-bond donors (Lipinski definition) is 2. The molecule has 0 atom stereocenters. The molecule has 2 amide bonds. The first-order chi connectivity index (χ1) is 13.2. The molecule has 0 unspecified atom stereocenters. The average Bonchev–Trinajstić information content (AvgIpc) is 2.64. The SMILES string of the molecule is CC(=O)Nc1ccc(/C=C/C(=O)NCC#Cc2cccc(C(F)(F)F)c2)cc1. The molecule has 2 aromatic rings. The molecule has 7 heteroatoms. The lowest BCUT2D eigenvalue weighted by Gasteiger charge is -2.05. The maximum atomic E-state index is 12.6. The molecule has 0 saturated carbocycles. The number of carbonyl (C=O) groups excluding carboxylic acids is 2. The highest BCUT2D eigenvalue weighted by Gasteiger charge is 2.30. The Kier molecular flexibility index (Phi) is 6.99. The fraction of sp³-hybridized carbons (Fsp3) is 0.143.